The molecular weight excluding hydrogens is 254 g/mol. The van der Waals surface area contributed by atoms with Gasteiger partial charge in [-0.05, 0) is 41.0 Å². The number of aryl methyl sites for hydroxylation is 1. The van der Waals surface area contributed by atoms with E-state index in [1.165, 1.54) is 0 Å². The summed E-state index contributed by atoms with van der Waals surface area (Å²) in [6, 6.07) is 0. The molecule has 5 heteroatoms. The Hall–Kier alpha value is -1.36. The van der Waals surface area contributed by atoms with E-state index in [4.69, 9.17) is 9.47 Å². The van der Waals surface area contributed by atoms with Crippen molar-refractivity contribution in [1.82, 2.24) is 9.97 Å². The summed E-state index contributed by atoms with van der Waals surface area (Å²) in [5, 5.41) is 3.30. The molecule has 1 N–H and O–H groups in total. The third kappa shape index (κ3) is 5.74. The van der Waals surface area contributed by atoms with Crippen molar-refractivity contribution in [2.75, 3.05) is 25.1 Å². The number of ether oxygens (including phenoxy) is 2. The van der Waals surface area contributed by atoms with E-state index in [9.17, 15) is 0 Å². The number of hydrogen-bond donors (Lipinski definition) is 1. The van der Waals surface area contributed by atoms with Crippen LogP contribution in [0.3, 0.4) is 0 Å². The molecule has 0 fully saturated rings. The van der Waals surface area contributed by atoms with Gasteiger partial charge in [-0.2, -0.15) is 4.98 Å². The summed E-state index contributed by atoms with van der Waals surface area (Å²) in [7, 11) is 0. The first-order chi connectivity index (χ1) is 9.33. The highest BCUT2D eigenvalue weighted by Crippen LogP contribution is 2.22. The molecule has 1 aromatic heterocycles. The predicted octanol–water partition coefficient (Wildman–Crippen LogP) is 3.11. The number of anilines is 1. The van der Waals surface area contributed by atoms with Crippen LogP contribution in [-0.2, 0) is 4.74 Å². The third-order valence-electron chi connectivity index (χ3n) is 2.61. The minimum absolute atomic E-state index is 0.145. The molecule has 0 aliphatic rings. The number of nitrogens with zero attached hydrogens (tertiary/aromatic N) is 2. The zero-order chi connectivity index (χ0) is 15.2. The molecule has 0 atom stereocenters. The summed E-state index contributed by atoms with van der Waals surface area (Å²) < 4.78 is 11.3. The summed E-state index contributed by atoms with van der Waals surface area (Å²) in [4.78, 5) is 8.75. The maximum atomic E-state index is 5.72. The van der Waals surface area contributed by atoms with Crippen LogP contribution in [0.4, 0.5) is 5.82 Å². The fourth-order valence-electron chi connectivity index (χ4n) is 1.64. The fourth-order valence-corrected chi connectivity index (χ4v) is 1.64. The van der Waals surface area contributed by atoms with E-state index in [0.717, 1.165) is 24.3 Å². The average Bonchev–Trinajstić information content (AvgIpc) is 2.35. The summed E-state index contributed by atoms with van der Waals surface area (Å²) in [6.45, 7) is 14.0. The molecule has 0 aromatic carbocycles. The summed E-state index contributed by atoms with van der Waals surface area (Å²) in [5.41, 5.74) is 0.799. The van der Waals surface area contributed by atoms with E-state index in [-0.39, 0.29) is 5.60 Å². The fraction of sp³-hybridized carbons (Fsp3) is 0.733. The van der Waals surface area contributed by atoms with Crippen molar-refractivity contribution in [1.29, 1.82) is 0 Å². The molecule has 0 aliphatic carbocycles. The zero-order valence-electron chi connectivity index (χ0n) is 13.5. The number of rotatable bonds is 7. The van der Waals surface area contributed by atoms with E-state index >= 15 is 0 Å². The van der Waals surface area contributed by atoms with Crippen molar-refractivity contribution in [2.45, 2.75) is 53.6 Å². The molecule has 1 rings (SSSR count). The van der Waals surface area contributed by atoms with Gasteiger partial charge in [0.05, 0.1) is 17.8 Å². The molecule has 0 spiro atoms. The summed E-state index contributed by atoms with van der Waals surface area (Å²) in [6.07, 6.45) is 1.05. The predicted molar refractivity (Wildman–Crippen MR) is 81.5 cm³/mol. The summed E-state index contributed by atoms with van der Waals surface area (Å²) >= 11 is 0. The standard InChI is InChI=1S/C15H27N3O2/c1-7-8-16-13-11(2)14(18-12(3)17-13)19-9-10-20-15(4,5)6/h7-10H2,1-6H3,(H,16,17,18). The van der Waals surface area contributed by atoms with E-state index in [0.29, 0.717) is 24.9 Å². The third-order valence-corrected chi connectivity index (χ3v) is 2.61. The molecule has 1 heterocycles. The minimum atomic E-state index is -0.145. The van der Waals surface area contributed by atoms with Crippen LogP contribution in [0.2, 0.25) is 0 Å². The van der Waals surface area contributed by atoms with Gasteiger partial charge in [0.2, 0.25) is 5.88 Å². The van der Waals surface area contributed by atoms with Gasteiger partial charge in [0.1, 0.15) is 18.2 Å². The molecule has 5 nitrogen and oxygen atoms in total. The van der Waals surface area contributed by atoms with Gasteiger partial charge in [0.25, 0.3) is 0 Å². The van der Waals surface area contributed by atoms with Gasteiger partial charge in [-0.3, -0.25) is 0 Å². The van der Waals surface area contributed by atoms with Crippen molar-refractivity contribution >= 4 is 5.82 Å². The highest BCUT2D eigenvalue weighted by atomic mass is 16.5. The lowest BCUT2D eigenvalue weighted by atomic mass is 10.2. The van der Waals surface area contributed by atoms with Gasteiger partial charge in [-0.25, -0.2) is 4.98 Å². The first-order valence-electron chi connectivity index (χ1n) is 7.19. The highest BCUT2D eigenvalue weighted by Gasteiger charge is 2.12. The van der Waals surface area contributed by atoms with Gasteiger partial charge in [0.15, 0.2) is 0 Å². The van der Waals surface area contributed by atoms with E-state index in [2.05, 4.69) is 22.2 Å². The molecule has 1 aromatic rings. The molecule has 0 bridgehead atoms. The largest absolute Gasteiger partial charge is 0.475 e. The Kier molecular flexibility index (Phi) is 6.20. The van der Waals surface area contributed by atoms with Crippen LogP contribution in [0.25, 0.3) is 0 Å². The van der Waals surface area contributed by atoms with Crippen LogP contribution in [-0.4, -0.2) is 35.3 Å². The molecule has 20 heavy (non-hydrogen) atoms. The monoisotopic (exact) mass is 281 g/mol. The Bertz CT molecular complexity index is 428. The number of aromatic nitrogens is 2. The Morgan fingerprint density at radius 3 is 2.40 bits per heavy atom. The van der Waals surface area contributed by atoms with E-state index in [1.807, 2.05) is 34.6 Å². The van der Waals surface area contributed by atoms with Gasteiger partial charge in [-0.15, -0.1) is 0 Å². The van der Waals surface area contributed by atoms with Gasteiger partial charge < -0.3 is 14.8 Å². The molecule has 0 radical (unpaired) electrons. The first kappa shape index (κ1) is 16.7. The Balaban J connectivity index is 2.63. The molecule has 0 unspecified atom stereocenters. The highest BCUT2D eigenvalue weighted by molar-refractivity contribution is 5.48. The molecule has 0 saturated heterocycles. The lowest BCUT2D eigenvalue weighted by molar-refractivity contribution is -0.0169. The average molecular weight is 281 g/mol. The quantitative estimate of drug-likeness (QED) is 0.778. The normalized spacial score (nSPS) is 11.5. The van der Waals surface area contributed by atoms with Gasteiger partial charge >= 0.3 is 0 Å². The van der Waals surface area contributed by atoms with E-state index in [1.54, 1.807) is 0 Å². The maximum Gasteiger partial charge on any atom is 0.221 e. The first-order valence-corrected chi connectivity index (χ1v) is 7.19. The molecule has 0 aliphatic heterocycles. The van der Waals surface area contributed by atoms with Gasteiger partial charge in [0, 0.05) is 6.54 Å². The number of hydrogen-bond acceptors (Lipinski definition) is 5. The second-order valence-corrected chi connectivity index (χ2v) is 5.79. The zero-order valence-corrected chi connectivity index (χ0v) is 13.5. The lowest BCUT2D eigenvalue weighted by Gasteiger charge is -2.20. The lowest BCUT2D eigenvalue weighted by Crippen LogP contribution is -2.22. The maximum absolute atomic E-state index is 5.72. The Morgan fingerprint density at radius 1 is 1.10 bits per heavy atom. The van der Waals surface area contributed by atoms with Crippen molar-refractivity contribution in [3.63, 3.8) is 0 Å². The molecule has 0 amide bonds. The van der Waals surface area contributed by atoms with Crippen molar-refractivity contribution < 1.29 is 9.47 Å². The van der Waals surface area contributed by atoms with Crippen molar-refractivity contribution in [3.8, 4) is 5.88 Å². The van der Waals surface area contributed by atoms with E-state index < -0.39 is 0 Å². The van der Waals surface area contributed by atoms with Crippen LogP contribution in [0.5, 0.6) is 5.88 Å². The van der Waals surface area contributed by atoms with Gasteiger partial charge in [-0.1, -0.05) is 6.92 Å². The van der Waals surface area contributed by atoms with Crippen LogP contribution in [0.15, 0.2) is 0 Å². The molecular formula is C15H27N3O2. The van der Waals surface area contributed by atoms with Crippen molar-refractivity contribution in [2.24, 2.45) is 0 Å². The Morgan fingerprint density at radius 2 is 1.80 bits per heavy atom. The second-order valence-electron chi connectivity index (χ2n) is 5.79. The van der Waals surface area contributed by atoms with Crippen LogP contribution in [0, 0.1) is 13.8 Å². The number of nitrogens with one attached hydrogen (secondary N) is 1. The van der Waals surface area contributed by atoms with Crippen LogP contribution in [0.1, 0.15) is 45.5 Å². The molecule has 0 saturated carbocycles. The topological polar surface area (TPSA) is 56.3 Å². The van der Waals surface area contributed by atoms with Crippen LogP contribution >= 0.6 is 0 Å². The van der Waals surface area contributed by atoms with Crippen LogP contribution < -0.4 is 10.1 Å². The Labute approximate surface area is 122 Å². The summed E-state index contributed by atoms with van der Waals surface area (Å²) in [5.74, 6) is 2.20. The SMILES string of the molecule is CCCNc1nc(C)nc(OCCOC(C)(C)C)c1C. The smallest absolute Gasteiger partial charge is 0.221 e. The van der Waals surface area contributed by atoms with Crippen molar-refractivity contribution in [3.05, 3.63) is 11.4 Å². The minimum Gasteiger partial charge on any atom is -0.475 e. The second kappa shape index (κ2) is 7.43. The molecule has 114 valence electrons.